The first-order valence-electron chi connectivity index (χ1n) is 4.80. The molecule has 0 bridgehead atoms. The summed E-state index contributed by atoms with van der Waals surface area (Å²) in [7, 11) is 0. The largest absolute Gasteiger partial charge is 0.455 e. The van der Waals surface area contributed by atoms with E-state index in [1.165, 1.54) is 0 Å². The van der Waals surface area contributed by atoms with Crippen molar-refractivity contribution in [1.82, 2.24) is 0 Å². The standard InChI is InChI=1S/C11H12O4/c12-8-6-9(15-11(14)10(8)13)7-4-2-1-3-5-7/h1-5,8-10,12-13H,6H2/t8-,9+,10-/m0/s1. The quantitative estimate of drug-likeness (QED) is 0.655. The van der Waals surface area contributed by atoms with Crippen molar-refractivity contribution >= 4 is 5.97 Å². The van der Waals surface area contributed by atoms with Gasteiger partial charge >= 0.3 is 5.97 Å². The fourth-order valence-electron chi connectivity index (χ4n) is 1.64. The van der Waals surface area contributed by atoms with Gasteiger partial charge in [-0.3, -0.25) is 0 Å². The lowest BCUT2D eigenvalue weighted by Gasteiger charge is -2.29. The molecule has 0 spiro atoms. The average molecular weight is 208 g/mol. The van der Waals surface area contributed by atoms with E-state index in [1.54, 1.807) is 0 Å². The lowest BCUT2D eigenvalue weighted by atomic mass is 9.98. The number of cyclic esters (lactones) is 1. The number of carbonyl (C=O) groups excluding carboxylic acids is 1. The number of carbonyl (C=O) groups is 1. The van der Waals surface area contributed by atoms with E-state index in [2.05, 4.69) is 0 Å². The number of aliphatic hydroxyl groups excluding tert-OH is 2. The zero-order chi connectivity index (χ0) is 10.8. The Balaban J connectivity index is 2.16. The van der Waals surface area contributed by atoms with E-state index in [9.17, 15) is 15.0 Å². The predicted octanol–water partition coefficient (Wildman–Crippen LogP) is 0.396. The second kappa shape index (κ2) is 4.00. The molecule has 1 fully saturated rings. The van der Waals surface area contributed by atoms with Gasteiger partial charge in [0.05, 0.1) is 6.10 Å². The molecule has 0 saturated carbocycles. The summed E-state index contributed by atoms with van der Waals surface area (Å²) >= 11 is 0. The number of esters is 1. The Morgan fingerprint density at radius 1 is 1.20 bits per heavy atom. The normalized spacial score (nSPS) is 31.1. The maximum Gasteiger partial charge on any atom is 0.338 e. The van der Waals surface area contributed by atoms with Crippen LogP contribution in [0.15, 0.2) is 30.3 Å². The molecule has 4 heteroatoms. The predicted molar refractivity (Wildman–Crippen MR) is 51.9 cm³/mol. The molecule has 2 rings (SSSR count). The van der Waals surface area contributed by atoms with Crippen LogP contribution in [-0.4, -0.2) is 28.4 Å². The molecule has 1 aliphatic heterocycles. The smallest absolute Gasteiger partial charge is 0.338 e. The maximum absolute atomic E-state index is 11.2. The van der Waals surface area contributed by atoms with Gasteiger partial charge in [0.25, 0.3) is 0 Å². The van der Waals surface area contributed by atoms with Crippen LogP contribution in [0.4, 0.5) is 0 Å². The van der Waals surface area contributed by atoms with Crippen LogP contribution in [0.2, 0.25) is 0 Å². The minimum atomic E-state index is -1.41. The van der Waals surface area contributed by atoms with E-state index in [1.807, 2.05) is 30.3 Å². The molecule has 1 aromatic rings. The molecule has 1 saturated heterocycles. The van der Waals surface area contributed by atoms with Gasteiger partial charge in [-0.25, -0.2) is 4.79 Å². The molecule has 0 radical (unpaired) electrons. The Kier molecular flexibility index (Phi) is 2.70. The molecule has 1 aromatic carbocycles. The van der Waals surface area contributed by atoms with E-state index in [0.717, 1.165) is 5.56 Å². The lowest BCUT2D eigenvalue weighted by molar-refractivity contribution is -0.179. The van der Waals surface area contributed by atoms with Crippen LogP contribution in [0.25, 0.3) is 0 Å². The highest BCUT2D eigenvalue weighted by Crippen LogP contribution is 2.28. The molecule has 0 aliphatic carbocycles. The topological polar surface area (TPSA) is 66.8 Å². The van der Waals surface area contributed by atoms with Crippen molar-refractivity contribution < 1.29 is 19.7 Å². The maximum atomic E-state index is 11.2. The van der Waals surface area contributed by atoms with E-state index < -0.39 is 24.3 Å². The third kappa shape index (κ3) is 2.00. The fraction of sp³-hybridized carbons (Fsp3) is 0.364. The van der Waals surface area contributed by atoms with Crippen LogP contribution in [0, 0.1) is 0 Å². The van der Waals surface area contributed by atoms with Crippen molar-refractivity contribution in [2.75, 3.05) is 0 Å². The van der Waals surface area contributed by atoms with Crippen molar-refractivity contribution in [2.45, 2.75) is 24.7 Å². The highest BCUT2D eigenvalue weighted by Gasteiger charge is 2.36. The van der Waals surface area contributed by atoms with Gasteiger partial charge in [-0.05, 0) is 5.56 Å². The Morgan fingerprint density at radius 3 is 2.47 bits per heavy atom. The van der Waals surface area contributed by atoms with E-state index in [4.69, 9.17) is 4.74 Å². The van der Waals surface area contributed by atoms with Crippen LogP contribution >= 0.6 is 0 Å². The van der Waals surface area contributed by atoms with Crippen LogP contribution in [0.1, 0.15) is 18.1 Å². The van der Waals surface area contributed by atoms with Gasteiger partial charge in [-0.1, -0.05) is 30.3 Å². The van der Waals surface area contributed by atoms with Gasteiger partial charge in [0.2, 0.25) is 0 Å². The fourth-order valence-corrected chi connectivity index (χ4v) is 1.64. The first-order chi connectivity index (χ1) is 7.18. The molecule has 80 valence electrons. The van der Waals surface area contributed by atoms with Gasteiger partial charge in [0.15, 0.2) is 6.10 Å². The molecule has 0 aromatic heterocycles. The van der Waals surface area contributed by atoms with Gasteiger partial charge in [0.1, 0.15) is 6.10 Å². The second-order valence-corrected chi connectivity index (χ2v) is 3.58. The number of rotatable bonds is 1. The van der Waals surface area contributed by atoms with Crippen molar-refractivity contribution in [3.63, 3.8) is 0 Å². The molecule has 0 amide bonds. The SMILES string of the molecule is O=C1O[C@@H](c2ccccc2)C[C@H](O)[C@@H]1O. The summed E-state index contributed by atoms with van der Waals surface area (Å²) in [5.41, 5.74) is 0.830. The molecule has 2 N–H and O–H groups in total. The summed E-state index contributed by atoms with van der Waals surface area (Å²) in [6, 6.07) is 9.17. The number of benzene rings is 1. The van der Waals surface area contributed by atoms with E-state index in [0.29, 0.717) is 0 Å². The number of aliphatic hydroxyl groups is 2. The lowest BCUT2D eigenvalue weighted by Crippen LogP contribution is -2.42. The number of hydrogen-bond donors (Lipinski definition) is 2. The second-order valence-electron chi connectivity index (χ2n) is 3.58. The molecule has 0 unspecified atom stereocenters. The summed E-state index contributed by atoms with van der Waals surface area (Å²) < 4.78 is 5.01. The zero-order valence-corrected chi connectivity index (χ0v) is 8.04. The summed E-state index contributed by atoms with van der Waals surface area (Å²) in [6.07, 6.45) is -2.68. The first-order valence-corrected chi connectivity index (χ1v) is 4.80. The van der Waals surface area contributed by atoms with Crippen molar-refractivity contribution in [3.05, 3.63) is 35.9 Å². The third-order valence-electron chi connectivity index (χ3n) is 2.49. The Bertz CT molecular complexity index is 349. The summed E-state index contributed by atoms with van der Waals surface area (Å²) in [6.45, 7) is 0. The molecule has 4 nitrogen and oxygen atoms in total. The molecular weight excluding hydrogens is 196 g/mol. The van der Waals surface area contributed by atoms with Gasteiger partial charge < -0.3 is 14.9 Å². The highest BCUT2D eigenvalue weighted by atomic mass is 16.6. The molecular formula is C11H12O4. The van der Waals surface area contributed by atoms with Crippen molar-refractivity contribution in [3.8, 4) is 0 Å². The Labute approximate surface area is 87.1 Å². The summed E-state index contributed by atoms with van der Waals surface area (Å²) in [5.74, 6) is -0.761. The third-order valence-corrected chi connectivity index (χ3v) is 2.49. The van der Waals surface area contributed by atoms with Crippen LogP contribution in [-0.2, 0) is 9.53 Å². The molecule has 15 heavy (non-hydrogen) atoms. The minimum absolute atomic E-state index is 0.233. The zero-order valence-electron chi connectivity index (χ0n) is 8.04. The van der Waals surface area contributed by atoms with Crippen molar-refractivity contribution in [2.24, 2.45) is 0 Å². The first kappa shape index (κ1) is 10.1. The van der Waals surface area contributed by atoms with Gasteiger partial charge in [-0.2, -0.15) is 0 Å². The van der Waals surface area contributed by atoms with Gasteiger partial charge in [-0.15, -0.1) is 0 Å². The molecule has 1 aliphatic rings. The molecule has 1 heterocycles. The highest BCUT2D eigenvalue weighted by molar-refractivity contribution is 5.76. The monoisotopic (exact) mass is 208 g/mol. The Morgan fingerprint density at radius 2 is 1.87 bits per heavy atom. The minimum Gasteiger partial charge on any atom is -0.455 e. The van der Waals surface area contributed by atoms with Crippen molar-refractivity contribution in [1.29, 1.82) is 0 Å². The summed E-state index contributed by atoms with van der Waals surface area (Å²) in [4.78, 5) is 11.2. The van der Waals surface area contributed by atoms with E-state index in [-0.39, 0.29) is 6.42 Å². The Hall–Kier alpha value is -1.39. The number of hydrogen-bond acceptors (Lipinski definition) is 4. The van der Waals surface area contributed by atoms with Crippen LogP contribution < -0.4 is 0 Å². The average Bonchev–Trinajstić information content (AvgIpc) is 2.26. The number of ether oxygens (including phenoxy) is 1. The van der Waals surface area contributed by atoms with Gasteiger partial charge in [0, 0.05) is 6.42 Å². The van der Waals surface area contributed by atoms with Crippen LogP contribution in [0.5, 0.6) is 0 Å². The van der Waals surface area contributed by atoms with E-state index >= 15 is 0 Å². The molecule has 3 atom stereocenters. The van der Waals surface area contributed by atoms with Crippen LogP contribution in [0.3, 0.4) is 0 Å². The summed E-state index contributed by atoms with van der Waals surface area (Å²) in [5, 5.41) is 18.6.